The Morgan fingerprint density at radius 2 is 2.41 bits per heavy atom. The van der Waals surface area contributed by atoms with Crippen LogP contribution in [-0.2, 0) is 4.79 Å². The molecule has 4 N–H and O–H groups in total. The molecule has 0 bridgehead atoms. The highest BCUT2D eigenvalue weighted by Crippen LogP contribution is 2.35. The minimum absolute atomic E-state index is 0.0327. The second-order valence-corrected chi connectivity index (χ2v) is 4.08. The topological polar surface area (TPSA) is 76.4 Å². The largest absolute Gasteiger partial charge is 0.482 e. The average Bonchev–Trinajstić information content (AvgIpc) is 2.26. The van der Waals surface area contributed by atoms with Crippen LogP contribution < -0.4 is 21.1 Å². The van der Waals surface area contributed by atoms with Gasteiger partial charge in [0.05, 0.1) is 17.1 Å². The zero-order valence-corrected chi connectivity index (χ0v) is 9.67. The Morgan fingerprint density at radius 1 is 1.65 bits per heavy atom. The Morgan fingerprint density at radius 3 is 3.12 bits per heavy atom. The van der Waals surface area contributed by atoms with E-state index in [1.807, 2.05) is 6.92 Å². The van der Waals surface area contributed by atoms with Gasteiger partial charge in [0.15, 0.2) is 6.61 Å². The van der Waals surface area contributed by atoms with E-state index in [0.717, 1.165) is 11.3 Å². The number of carbonyl (C=O) groups is 1. The van der Waals surface area contributed by atoms with Crippen molar-refractivity contribution < 1.29 is 9.53 Å². The van der Waals surface area contributed by atoms with Crippen molar-refractivity contribution in [3.8, 4) is 5.75 Å². The molecule has 0 fully saturated rings. The standard InChI is InChI=1S/C12H15N3O2/c1-7(2)5-14-9-4-10-11(3-8(9)13)17-6-12(16)15-10/h3-4,14H,1,5-6,13H2,2H3,(H,15,16). The van der Waals surface area contributed by atoms with Crippen molar-refractivity contribution in [1.29, 1.82) is 0 Å². The molecular weight excluding hydrogens is 218 g/mol. The van der Waals surface area contributed by atoms with Gasteiger partial charge in [-0.05, 0) is 13.0 Å². The van der Waals surface area contributed by atoms with Crippen molar-refractivity contribution in [2.24, 2.45) is 0 Å². The monoisotopic (exact) mass is 233 g/mol. The van der Waals surface area contributed by atoms with Crippen molar-refractivity contribution in [2.45, 2.75) is 6.92 Å². The summed E-state index contributed by atoms with van der Waals surface area (Å²) in [7, 11) is 0. The van der Waals surface area contributed by atoms with Crippen molar-refractivity contribution in [3.05, 3.63) is 24.3 Å². The van der Waals surface area contributed by atoms with Gasteiger partial charge in [-0.1, -0.05) is 12.2 Å². The molecule has 1 heterocycles. The quantitative estimate of drug-likeness (QED) is 0.547. The molecule has 1 aromatic rings. The lowest BCUT2D eigenvalue weighted by molar-refractivity contribution is -0.118. The van der Waals surface area contributed by atoms with Gasteiger partial charge in [0.25, 0.3) is 5.91 Å². The average molecular weight is 233 g/mol. The van der Waals surface area contributed by atoms with Gasteiger partial charge in [0.1, 0.15) is 5.75 Å². The number of ether oxygens (including phenoxy) is 1. The molecule has 17 heavy (non-hydrogen) atoms. The van der Waals surface area contributed by atoms with E-state index in [1.54, 1.807) is 12.1 Å². The zero-order chi connectivity index (χ0) is 12.4. The molecule has 5 nitrogen and oxygen atoms in total. The van der Waals surface area contributed by atoms with Crippen molar-refractivity contribution in [2.75, 3.05) is 29.5 Å². The molecule has 0 atom stereocenters. The number of fused-ring (bicyclic) bond motifs is 1. The maximum Gasteiger partial charge on any atom is 0.262 e. The molecule has 0 saturated carbocycles. The predicted molar refractivity (Wildman–Crippen MR) is 68.3 cm³/mol. The van der Waals surface area contributed by atoms with E-state index in [4.69, 9.17) is 10.5 Å². The van der Waals surface area contributed by atoms with Crippen LogP contribution in [-0.4, -0.2) is 19.1 Å². The molecule has 1 aliphatic rings. The third-order valence-corrected chi connectivity index (χ3v) is 2.37. The van der Waals surface area contributed by atoms with E-state index in [9.17, 15) is 4.79 Å². The molecule has 2 rings (SSSR count). The summed E-state index contributed by atoms with van der Waals surface area (Å²) >= 11 is 0. The lowest BCUT2D eigenvalue weighted by Gasteiger charge is -2.20. The maximum absolute atomic E-state index is 11.2. The Balaban J connectivity index is 2.25. The molecule has 1 amide bonds. The highest BCUT2D eigenvalue weighted by atomic mass is 16.5. The number of hydrogen-bond donors (Lipinski definition) is 3. The van der Waals surface area contributed by atoms with Crippen LogP contribution in [0, 0.1) is 0 Å². The lowest BCUT2D eigenvalue weighted by atomic mass is 10.2. The van der Waals surface area contributed by atoms with E-state index < -0.39 is 0 Å². The summed E-state index contributed by atoms with van der Waals surface area (Å²) < 4.78 is 5.26. The zero-order valence-electron chi connectivity index (χ0n) is 9.67. The third kappa shape index (κ3) is 2.50. The number of nitrogens with one attached hydrogen (secondary N) is 2. The van der Waals surface area contributed by atoms with Gasteiger partial charge in [-0.3, -0.25) is 4.79 Å². The van der Waals surface area contributed by atoms with Gasteiger partial charge >= 0.3 is 0 Å². The van der Waals surface area contributed by atoms with Crippen LogP contribution in [0.4, 0.5) is 17.1 Å². The first kappa shape index (κ1) is 11.3. The molecule has 0 saturated heterocycles. The fraction of sp³-hybridized carbons (Fsp3) is 0.250. The number of carbonyl (C=O) groups excluding carboxylic acids is 1. The van der Waals surface area contributed by atoms with Crippen LogP contribution in [0.25, 0.3) is 0 Å². The van der Waals surface area contributed by atoms with Gasteiger partial charge < -0.3 is 21.1 Å². The number of hydrogen-bond acceptors (Lipinski definition) is 4. The van der Waals surface area contributed by atoms with Crippen LogP contribution in [0.2, 0.25) is 0 Å². The summed E-state index contributed by atoms with van der Waals surface area (Å²) in [5.41, 5.74) is 8.87. The van der Waals surface area contributed by atoms with E-state index in [-0.39, 0.29) is 12.5 Å². The summed E-state index contributed by atoms with van der Waals surface area (Å²) in [5.74, 6) is 0.441. The minimum atomic E-state index is -0.159. The van der Waals surface area contributed by atoms with Gasteiger partial charge in [-0.15, -0.1) is 0 Å². The second-order valence-electron chi connectivity index (χ2n) is 4.08. The van der Waals surface area contributed by atoms with Crippen LogP contribution in [0.1, 0.15) is 6.92 Å². The SMILES string of the molecule is C=C(C)CNc1cc2c(cc1N)OCC(=O)N2. The second kappa shape index (κ2) is 4.37. The van der Waals surface area contributed by atoms with E-state index in [1.165, 1.54) is 0 Å². The first-order valence-corrected chi connectivity index (χ1v) is 5.30. The molecule has 0 radical (unpaired) electrons. The van der Waals surface area contributed by atoms with E-state index >= 15 is 0 Å². The van der Waals surface area contributed by atoms with Crippen LogP contribution in [0.5, 0.6) is 5.75 Å². The number of nitrogen functional groups attached to an aromatic ring is 1. The van der Waals surface area contributed by atoms with Gasteiger partial charge in [0.2, 0.25) is 0 Å². The van der Waals surface area contributed by atoms with E-state index in [2.05, 4.69) is 17.2 Å². The highest BCUT2D eigenvalue weighted by molar-refractivity contribution is 5.97. The van der Waals surface area contributed by atoms with Crippen molar-refractivity contribution in [1.82, 2.24) is 0 Å². The summed E-state index contributed by atoms with van der Waals surface area (Å²) in [5, 5.41) is 5.88. The maximum atomic E-state index is 11.2. The first-order valence-electron chi connectivity index (χ1n) is 5.30. The first-order chi connectivity index (χ1) is 8.06. The summed E-state index contributed by atoms with van der Waals surface area (Å²) in [6, 6.07) is 3.47. The molecule has 90 valence electrons. The lowest BCUT2D eigenvalue weighted by Crippen LogP contribution is -2.25. The molecule has 0 aliphatic carbocycles. The fourth-order valence-corrected chi connectivity index (χ4v) is 1.54. The van der Waals surface area contributed by atoms with E-state index in [0.29, 0.717) is 23.7 Å². The number of benzene rings is 1. The van der Waals surface area contributed by atoms with Crippen molar-refractivity contribution in [3.63, 3.8) is 0 Å². The van der Waals surface area contributed by atoms with Crippen LogP contribution in [0.3, 0.4) is 0 Å². The molecule has 1 aliphatic heterocycles. The molecule has 0 aromatic heterocycles. The minimum Gasteiger partial charge on any atom is -0.482 e. The van der Waals surface area contributed by atoms with Gasteiger partial charge in [-0.25, -0.2) is 0 Å². The van der Waals surface area contributed by atoms with Crippen LogP contribution >= 0.6 is 0 Å². The molecule has 0 unspecified atom stereocenters. The normalized spacial score (nSPS) is 13.4. The van der Waals surface area contributed by atoms with Gasteiger partial charge in [0, 0.05) is 12.6 Å². The number of rotatable bonds is 3. The Bertz CT molecular complexity index is 483. The summed E-state index contributed by atoms with van der Waals surface area (Å²) in [4.78, 5) is 11.2. The Labute approximate surface area is 99.6 Å². The smallest absolute Gasteiger partial charge is 0.262 e. The van der Waals surface area contributed by atoms with Crippen molar-refractivity contribution >= 4 is 23.0 Å². The molecule has 0 spiro atoms. The Kier molecular flexibility index (Phi) is 2.91. The fourth-order valence-electron chi connectivity index (χ4n) is 1.54. The number of amides is 1. The van der Waals surface area contributed by atoms with Crippen LogP contribution in [0.15, 0.2) is 24.3 Å². The summed E-state index contributed by atoms with van der Waals surface area (Å²) in [6.45, 7) is 6.39. The Hall–Kier alpha value is -2.17. The molecule has 5 heteroatoms. The molecule has 1 aromatic carbocycles. The predicted octanol–water partition coefficient (Wildman–Crippen LogP) is 1.59. The number of nitrogens with two attached hydrogens (primary N) is 1. The van der Waals surface area contributed by atoms with Gasteiger partial charge in [-0.2, -0.15) is 0 Å². The highest BCUT2D eigenvalue weighted by Gasteiger charge is 2.17. The third-order valence-electron chi connectivity index (χ3n) is 2.37. The summed E-state index contributed by atoms with van der Waals surface area (Å²) in [6.07, 6.45) is 0. The molecular formula is C12H15N3O2. The number of anilines is 3.